The van der Waals surface area contributed by atoms with Crippen molar-refractivity contribution >= 4 is 5.91 Å². The van der Waals surface area contributed by atoms with Crippen LogP contribution in [-0.4, -0.2) is 48.3 Å². The summed E-state index contributed by atoms with van der Waals surface area (Å²) in [6.07, 6.45) is 4.31. The van der Waals surface area contributed by atoms with Crippen molar-refractivity contribution in [3.8, 4) is 5.75 Å². The van der Waals surface area contributed by atoms with E-state index in [0.29, 0.717) is 11.8 Å². The summed E-state index contributed by atoms with van der Waals surface area (Å²) in [5.41, 5.74) is 1.12. The van der Waals surface area contributed by atoms with Crippen molar-refractivity contribution in [1.82, 2.24) is 10.2 Å². The van der Waals surface area contributed by atoms with Gasteiger partial charge >= 0.3 is 0 Å². The zero-order chi connectivity index (χ0) is 17.6. The molecule has 1 atom stereocenters. The normalized spacial score (nSPS) is 20.2. The molecule has 5 nitrogen and oxygen atoms in total. The SMILES string of the molecule is CC(O)C1CCN(Cc2ccccc2OCC(=O)NCC2CC2)CC1. The average molecular weight is 346 g/mol. The highest BCUT2D eigenvalue weighted by atomic mass is 16.5. The Morgan fingerprint density at radius 1 is 1.28 bits per heavy atom. The molecule has 2 N–H and O–H groups in total. The van der Waals surface area contributed by atoms with Gasteiger partial charge in [0.05, 0.1) is 6.10 Å². The lowest BCUT2D eigenvalue weighted by Gasteiger charge is -2.33. The standard InChI is InChI=1S/C20H30N2O3/c1-15(23)17-8-10-22(11-9-17)13-18-4-2-3-5-19(18)25-14-20(24)21-12-16-6-7-16/h2-5,15-17,23H,6-14H2,1H3,(H,21,24). The Kier molecular flexibility index (Phi) is 6.32. The van der Waals surface area contributed by atoms with Crippen molar-refractivity contribution in [2.75, 3.05) is 26.2 Å². The fourth-order valence-corrected chi connectivity index (χ4v) is 3.38. The lowest BCUT2D eigenvalue weighted by molar-refractivity contribution is -0.123. The molecule has 0 radical (unpaired) electrons. The second kappa shape index (κ2) is 8.68. The highest BCUT2D eigenvalue weighted by Crippen LogP contribution is 2.27. The molecule has 0 bridgehead atoms. The van der Waals surface area contributed by atoms with Crippen molar-refractivity contribution in [3.05, 3.63) is 29.8 Å². The van der Waals surface area contributed by atoms with Crippen molar-refractivity contribution < 1.29 is 14.6 Å². The third-order valence-electron chi connectivity index (χ3n) is 5.32. The summed E-state index contributed by atoms with van der Waals surface area (Å²) in [7, 11) is 0. The van der Waals surface area contributed by atoms with E-state index in [0.717, 1.165) is 50.3 Å². The fraction of sp³-hybridized carbons (Fsp3) is 0.650. The number of nitrogens with zero attached hydrogens (tertiary/aromatic N) is 1. The summed E-state index contributed by atoms with van der Waals surface area (Å²) in [4.78, 5) is 14.3. The van der Waals surface area contributed by atoms with Crippen LogP contribution in [0, 0.1) is 11.8 Å². The maximum atomic E-state index is 11.9. The first-order valence-electron chi connectivity index (χ1n) is 9.49. The molecule has 25 heavy (non-hydrogen) atoms. The van der Waals surface area contributed by atoms with Crippen LogP contribution in [0.25, 0.3) is 0 Å². The molecular formula is C20H30N2O3. The number of piperidine rings is 1. The van der Waals surface area contributed by atoms with Crippen LogP contribution in [0.2, 0.25) is 0 Å². The summed E-state index contributed by atoms with van der Waals surface area (Å²) >= 11 is 0. The predicted molar refractivity (Wildman–Crippen MR) is 97.4 cm³/mol. The van der Waals surface area contributed by atoms with Crippen molar-refractivity contribution in [1.29, 1.82) is 0 Å². The number of amides is 1. The molecule has 1 aliphatic heterocycles. The molecule has 1 heterocycles. The highest BCUT2D eigenvalue weighted by molar-refractivity contribution is 5.77. The summed E-state index contributed by atoms with van der Waals surface area (Å²) < 4.78 is 5.77. The number of likely N-dealkylation sites (tertiary alicyclic amines) is 1. The van der Waals surface area contributed by atoms with Gasteiger partial charge in [0.25, 0.3) is 5.91 Å². The Bertz CT molecular complexity index is 564. The van der Waals surface area contributed by atoms with Gasteiger partial charge in [0.15, 0.2) is 6.61 Å². The molecule has 5 heteroatoms. The Hall–Kier alpha value is -1.59. The van der Waals surface area contributed by atoms with Gasteiger partial charge in [-0.25, -0.2) is 0 Å². The smallest absolute Gasteiger partial charge is 0.257 e. The molecule has 1 aromatic carbocycles. The van der Waals surface area contributed by atoms with E-state index in [1.54, 1.807) is 0 Å². The van der Waals surface area contributed by atoms with E-state index in [1.807, 2.05) is 25.1 Å². The Labute approximate surface area is 150 Å². The maximum absolute atomic E-state index is 11.9. The highest BCUT2D eigenvalue weighted by Gasteiger charge is 2.23. The summed E-state index contributed by atoms with van der Waals surface area (Å²) in [6.45, 7) is 5.55. The lowest BCUT2D eigenvalue weighted by atomic mass is 9.92. The second-order valence-electron chi connectivity index (χ2n) is 7.50. The van der Waals surface area contributed by atoms with Gasteiger partial charge in [0, 0.05) is 18.7 Å². The van der Waals surface area contributed by atoms with Crippen LogP contribution in [0.1, 0.15) is 38.2 Å². The minimum atomic E-state index is -0.216. The van der Waals surface area contributed by atoms with E-state index in [-0.39, 0.29) is 18.6 Å². The van der Waals surface area contributed by atoms with Crippen molar-refractivity contribution in [2.45, 2.75) is 45.3 Å². The lowest BCUT2D eigenvalue weighted by Crippen LogP contribution is -2.36. The molecule has 0 spiro atoms. The van der Waals surface area contributed by atoms with Crippen LogP contribution in [0.4, 0.5) is 0 Å². The number of carbonyl (C=O) groups is 1. The number of aliphatic hydroxyl groups excluding tert-OH is 1. The first kappa shape index (κ1) is 18.2. The molecule has 2 aliphatic rings. The van der Waals surface area contributed by atoms with Gasteiger partial charge < -0.3 is 15.2 Å². The van der Waals surface area contributed by atoms with E-state index >= 15 is 0 Å². The first-order valence-corrected chi connectivity index (χ1v) is 9.49. The summed E-state index contributed by atoms with van der Waals surface area (Å²) in [5, 5.41) is 12.7. The Balaban J connectivity index is 1.47. The molecule has 1 amide bonds. The number of rotatable bonds is 8. The number of aliphatic hydroxyl groups is 1. The van der Waals surface area contributed by atoms with Crippen LogP contribution in [0.15, 0.2) is 24.3 Å². The molecule has 3 rings (SSSR count). The third kappa shape index (κ3) is 5.72. The molecule has 1 aliphatic carbocycles. The van der Waals surface area contributed by atoms with Crippen LogP contribution in [0.5, 0.6) is 5.75 Å². The van der Waals surface area contributed by atoms with Crippen molar-refractivity contribution in [2.24, 2.45) is 11.8 Å². The monoisotopic (exact) mass is 346 g/mol. The van der Waals surface area contributed by atoms with Crippen LogP contribution < -0.4 is 10.1 Å². The number of hydrogen-bond donors (Lipinski definition) is 2. The minimum absolute atomic E-state index is 0.0422. The molecule has 0 aromatic heterocycles. The number of carbonyl (C=O) groups excluding carboxylic acids is 1. The van der Waals surface area contributed by atoms with E-state index in [9.17, 15) is 9.90 Å². The Morgan fingerprint density at radius 2 is 2.00 bits per heavy atom. The third-order valence-corrected chi connectivity index (χ3v) is 5.32. The minimum Gasteiger partial charge on any atom is -0.483 e. The van der Waals surface area contributed by atoms with Gasteiger partial charge in [-0.05, 0) is 63.6 Å². The topological polar surface area (TPSA) is 61.8 Å². The number of hydrogen-bond acceptors (Lipinski definition) is 4. The Morgan fingerprint density at radius 3 is 2.68 bits per heavy atom. The zero-order valence-electron chi connectivity index (χ0n) is 15.1. The first-order chi connectivity index (χ1) is 12.1. The predicted octanol–water partition coefficient (Wildman–Crippen LogP) is 2.18. The number of ether oxygens (including phenoxy) is 1. The number of para-hydroxylation sites is 1. The molecule has 1 saturated heterocycles. The van der Waals surface area contributed by atoms with Crippen molar-refractivity contribution in [3.63, 3.8) is 0 Å². The van der Waals surface area contributed by atoms with Gasteiger partial charge in [-0.3, -0.25) is 9.69 Å². The number of nitrogens with one attached hydrogen (secondary N) is 1. The van der Waals surface area contributed by atoms with Gasteiger partial charge in [-0.1, -0.05) is 18.2 Å². The summed E-state index contributed by atoms with van der Waals surface area (Å²) in [5.74, 6) is 1.85. The van der Waals surface area contributed by atoms with Gasteiger partial charge in [0.1, 0.15) is 5.75 Å². The maximum Gasteiger partial charge on any atom is 0.257 e. The van der Waals surface area contributed by atoms with E-state index in [4.69, 9.17) is 4.74 Å². The van der Waals surface area contributed by atoms with E-state index in [2.05, 4.69) is 16.3 Å². The molecule has 1 unspecified atom stereocenters. The molecule has 2 fully saturated rings. The largest absolute Gasteiger partial charge is 0.483 e. The van der Waals surface area contributed by atoms with E-state index < -0.39 is 0 Å². The van der Waals surface area contributed by atoms with Crippen LogP contribution in [0.3, 0.4) is 0 Å². The van der Waals surface area contributed by atoms with Gasteiger partial charge in [0.2, 0.25) is 0 Å². The number of benzene rings is 1. The molecule has 1 aromatic rings. The van der Waals surface area contributed by atoms with Crippen LogP contribution in [-0.2, 0) is 11.3 Å². The summed E-state index contributed by atoms with van der Waals surface area (Å²) in [6, 6.07) is 7.96. The molecular weight excluding hydrogens is 316 g/mol. The molecule has 1 saturated carbocycles. The van der Waals surface area contributed by atoms with E-state index in [1.165, 1.54) is 12.8 Å². The quantitative estimate of drug-likeness (QED) is 0.757. The zero-order valence-corrected chi connectivity index (χ0v) is 15.1. The molecule has 138 valence electrons. The van der Waals surface area contributed by atoms with Crippen LogP contribution >= 0.6 is 0 Å². The average Bonchev–Trinajstić information content (AvgIpc) is 3.44. The van der Waals surface area contributed by atoms with Gasteiger partial charge in [-0.15, -0.1) is 0 Å². The van der Waals surface area contributed by atoms with Gasteiger partial charge in [-0.2, -0.15) is 0 Å². The second-order valence-corrected chi connectivity index (χ2v) is 7.50. The fourth-order valence-electron chi connectivity index (χ4n) is 3.38.